The molecule has 15 heteroatoms. The number of unbranched alkanes of at least 4 members (excludes halogenated alkanes) is 3. The summed E-state index contributed by atoms with van der Waals surface area (Å²) < 4.78 is 32.8. The van der Waals surface area contributed by atoms with E-state index in [-0.39, 0.29) is 24.6 Å². The Morgan fingerprint density at radius 1 is 0.925 bits per heavy atom. The summed E-state index contributed by atoms with van der Waals surface area (Å²) in [6, 6.07) is 16.1. The monoisotopic (exact) mass is 593 g/mol. The molecule has 1 amide bonds. The predicted octanol–water partition coefficient (Wildman–Crippen LogP) is 3.67. The topological polar surface area (TPSA) is 208 Å². The first-order valence-corrected chi connectivity index (χ1v) is 15.6. The summed E-state index contributed by atoms with van der Waals surface area (Å²) in [5, 5.41) is 11.8. The molecule has 1 aliphatic carbocycles. The van der Waals surface area contributed by atoms with Crippen LogP contribution in [0.3, 0.4) is 0 Å². The molecular weight excluding hydrogens is 564 g/mol. The van der Waals surface area contributed by atoms with Gasteiger partial charge in [-0.05, 0) is 41.5 Å². The number of rotatable bonds is 13. The first-order valence-electron chi connectivity index (χ1n) is 12.5. The number of amides is 1. The van der Waals surface area contributed by atoms with Gasteiger partial charge in [-0.3, -0.25) is 4.57 Å². The summed E-state index contributed by atoms with van der Waals surface area (Å²) in [4.78, 5) is 57.1. The summed E-state index contributed by atoms with van der Waals surface area (Å²) in [5.74, 6) is -2.20. The zero-order valence-electron chi connectivity index (χ0n) is 21.2. The van der Waals surface area contributed by atoms with Crippen molar-refractivity contribution in [3.8, 4) is 11.1 Å². The molecule has 3 aromatic rings. The number of aryl methyl sites for hydroxylation is 1. The average molecular weight is 593 g/mol. The van der Waals surface area contributed by atoms with Crippen LogP contribution >= 0.6 is 15.4 Å². The number of fused-ring (bicyclic) bond motifs is 3. The lowest BCUT2D eigenvalue weighted by atomic mass is 9.98. The molecule has 0 spiro atoms. The lowest BCUT2D eigenvalue weighted by molar-refractivity contribution is 0.0684. The van der Waals surface area contributed by atoms with Crippen LogP contribution in [0.5, 0.6) is 0 Å². The van der Waals surface area contributed by atoms with Crippen molar-refractivity contribution in [3.05, 3.63) is 71.2 Å². The minimum Gasteiger partial charge on any atom is -0.475 e. The minimum absolute atomic E-state index is 0.0338. The number of nitrogens with one attached hydrogen (secondary N) is 2. The molecule has 13 nitrogen and oxygen atoms in total. The number of benzene rings is 2. The number of carbonyl (C=O) groups is 2. The Labute approximate surface area is 229 Å². The van der Waals surface area contributed by atoms with Crippen molar-refractivity contribution in [3.63, 3.8) is 0 Å². The number of carbonyl (C=O) groups excluding carboxylic acids is 1. The summed E-state index contributed by atoms with van der Waals surface area (Å²) >= 11 is 0. The molecule has 0 bridgehead atoms. The molecule has 0 radical (unpaired) electrons. The van der Waals surface area contributed by atoms with Crippen molar-refractivity contribution in [2.45, 2.75) is 38.0 Å². The summed E-state index contributed by atoms with van der Waals surface area (Å²) in [6.07, 6.45) is 1.92. The lowest BCUT2D eigenvalue weighted by Gasteiger charge is -2.14. The number of hydrogen-bond donors (Lipinski definition) is 6. The molecule has 6 N–H and O–H groups in total. The van der Waals surface area contributed by atoms with E-state index in [0.717, 1.165) is 22.3 Å². The van der Waals surface area contributed by atoms with E-state index in [1.165, 1.54) is 0 Å². The predicted molar refractivity (Wildman–Crippen MR) is 143 cm³/mol. The highest BCUT2D eigenvalue weighted by molar-refractivity contribution is 7.68. The molecule has 1 heterocycles. The molecule has 0 fully saturated rings. The van der Waals surface area contributed by atoms with Gasteiger partial charge in [-0.15, -0.1) is 0 Å². The van der Waals surface area contributed by atoms with Crippen LogP contribution < -0.4 is 10.8 Å². The van der Waals surface area contributed by atoms with Crippen LogP contribution in [0, 0.1) is 0 Å². The number of carboxylic acids is 1. The van der Waals surface area contributed by atoms with Crippen LogP contribution in [0.2, 0.25) is 0 Å². The molecule has 0 saturated carbocycles. The van der Waals surface area contributed by atoms with Crippen LogP contribution in [0.4, 0.5) is 4.79 Å². The molecule has 214 valence electrons. The van der Waals surface area contributed by atoms with E-state index in [1.54, 1.807) is 0 Å². The normalized spacial score (nSPS) is 14.3. The number of carboxylic acid groups (broad SMARTS) is 1. The fourth-order valence-corrected chi connectivity index (χ4v) is 6.91. The number of phosphoric acid groups is 1. The maximum absolute atomic E-state index is 12.3. The maximum atomic E-state index is 12.3. The zero-order valence-corrected chi connectivity index (χ0v) is 23.0. The second kappa shape index (κ2) is 12.5. The van der Waals surface area contributed by atoms with E-state index in [2.05, 4.69) is 31.7 Å². The molecule has 2 aromatic carbocycles. The SMILES string of the molecule is O=C(NCCCCCCc1[nH]c(C(=O)O)nc1P(=O)(O)OP(=O)(O)O)OCC1c2ccccc2-c2ccccc21. The third-order valence-electron chi connectivity index (χ3n) is 6.41. The van der Waals surface area contributed by atoms with E-state index in [1.807, 2.05) is 36.4 Å². The molecule has 1 atom stereocenters. The molecule has 40 heavy (non-hydrogen) atoms. The Hall–Kier alpha value is -3.31. The third kappa shape index (κ3) is 7.25. The Balaban J connectivity index is 1.20. The number of hydrogen-bond acceptors (Lipinski definition) is 7. The first-order chi connectivity index (χ1) is 19.0. The molecule has 1 unspecified atom stereocenters. The van der Waals surface area contributed by atoms with Gasteiger partial charge in [-0.2, -0.15) is 0 Å². The number of nitrogens with zero attached hydrogens (tertiary/aromatic N) is 1. The largest absolute Gasteiger partial charge is 0.477 e. The molecule has 4 rings (SSSR count). The van der Waals surface area contributed by atoms with Crippen LogP contribution in [0.25, 0.3) is 11.1 Å². The van der Waals surface area contributed by atoms with Gasteiger partial charge in [0.2, 0.25) is 5.82 Å². The Kier molecular flexibility index (Phi) is 9.25. The number of aromatic carboxylic acids is 1. The summed E-state index contributed by atoms with van der Waals surface area (Å²) in [5.41, 5.74) is 3.73. The lowest BCUT2D eigenvalue weighted by Crippen LogP contribution is -2.27. The number of H-pyrrole nitrogens is 1. The number of ether oxygens (including phenoxy) is 1. The van der Waals surface area contributed by atoms with Crippen molar-refractivity contribution in [1.82, 2.24) is 15.3 Å². The van der Waals surface area contributed by atoms with Gasteiger partial charge in [0.1, 0.15) is 6.61 Å². The van der Waals surface area contributed by atoms with Crippen LogP contribution in [-0.4, -0.2) is 55.0 Å². The molecule has 0 aliphatic heterocycles. The summed E-state index contributed by atoms with van der Waals surface area (Å²) in [7, 11) is -10.4. The van der Waals surface area contributed by atoms with Gasteiger partial charge in [0.25, 0.3) is 0 Å². The molecular formula is C25H29N3O10P2. The number of aromatic nitrogens is 2. The van der Waals surface area contributed by atoms with Crippen molar-refractivity contribution >= 4 is 32.9 Å². The fraction of sp³-hybridized carbons (Fsp3) is 0.320. The van der Waals surface area contributed by atoms with Crippen molar-refractivity contribution in [2.24, 2.45) is 0 Å². The molecule has 1 aliphatic rings. The van der Waals surface area contributed by atoms with Crippen molar-refractivity contribution in [2.75, 3.05) is 13.2 Å². The standard InChI is InChI=1S/C25H29N3O10P2/c29-24(30)22-27-21(23(28-22)39(32,33)38-40(34,35)36)13-3-1-2-8-14-26-25(31)37-15-20-18-11-6-4-9-16(18)17-10-5-7-12-19(17)20/h4-7,9-12,20H,1-3,8,13-15H2,(H,26,31)(H,27,28)(H,29,30)(H,32,33)(H2,34,35,36). The summed E-state index contributed by atoms with van der Waals surface area (Å²) in [6.45, 7) is 0.586. The quantitative estimate of drug-likeness (QED) is 0.124. The van der Waals surface area contributed by atoms with E-state index in [0.29, 0.717) is 32.2 Å². The second-order valence-electron chi connectivity index (χ2n) is 9.20. The van der Waals surface area contributed by atoms with Gasteiger partial charge in [0, 0.05) is 12.5 Å². The van der Waals surface area contributed by atoms with Crippen molar-refractivity contribution < 1.29 is 47.6 Å². The Morgan fingerprint density at radius 2 is 1.52 bits per heavy atom. The average Bonchev–Trinajstić information content (AvgIpc) is 3.46. The molecule has 0 saturated heterocycles. The Morgan fingerprint density at radius 3 is 2.12 bits per heavy atom. The highest BCUT2D eigenvalue weighted by Crippen LogP contribution is 2.56. The van der Waals surface area contributed by atoms with Crippen LogP contribution in [0.1, 0.15) is 59.0 Å². The van der Waals surface area contributed by atoms with E-state index in [9.17, 15) is 23.6 Å². The van der Waals surface area contributed by atoms with Crippen LogP contribution in [-0.2, 0) is 24.6 Å². The smallest absolute Gasteiger partial charge is 0.475 e. The van der Waals surface area contributed by atoms with Crippen molar-refractivity contribution in [1.29, 1.82) is 0 Å². The van der Waals surface area contributed by atoms with Gasteiger partial charge in [-0.1, -0.05) is 61.4 Å². The third-order valence-corrected chi connectivity index (χ3v) is 9.05. The molecule has 1 aromatic heterocycles. The van der Waals surface area contributed by atoms with E-state index < -0.39 is 38.7 Å². The highest BCUT2D eigenvalue weighted by Gasteiger charge is 2.38. The number of alkyl carbamates (subject to hydrolysis) is 1. The van der Waals surface area contributed by atoms with E-state index in [4.69, 9.17) is 19.6 Å². The van der Waals surface area contributed by atoms with Crippen LogP contribution in [0.15, 0.2) is 48.5 Å². The van der Waals surface area contributed by atoms with Gasteiger partial charge < -0.3 is 34.8 Å². The Bertz CT molecular complexity index is 1440. The zero-order chi connectivity index (χ0) is 28.9. The second-order valence-corrected chi connectivity index (χ2v) is 12.3. The minimum atomic E-state index is -5.34. The van der Waals surface area contributed by atoms with Gasteiger partial charge in [0.05, 0.1) is 5.69 Å². The van der Waals surface area contributed by atoms with Gasteiger partial charge in [-0.25, -0.2) is 23.4 Å². The first kappa shape index (κ1) is 29.7. The van der Waals surface area contributed by atoms with Gasteiger partial charge >= 0.3 is 27.5 Å². The highest BCUT2D eigenvalue weighted by atomic mass is 31.3. The van der Waals surface area contributed by atoms with E-state index >= 15 is 0 Å². The maximum Gasteiger partial charge on any atom is 0.477 e. The number of imidazole rings is 1. The fourth-order valence-electron chi connectivity index (χ4n) is 4.71. The van der Waals surface area contributed by atoms with Gasteiger partial charge in [0.15, 0.2) is 5.44 Å². The number of aromatic amines is 1.